The monoisotopic (exact) mass is 392 g/mol. The first kappa shape index (κ1) is 17.5. The second-order valence-electron chi connectivity index (χ2n) is 6.24. The van der Waals surface area contributed by atoms with Crippen molar-refractivity contribution in [3.05, 3.63) is 21.9 Å². The number of thioether (sulfide) groups is 1. The molecule has 3 aromatic heterocycles. The fraction of sp³-hybridized carbons (Fsp3) is 0.500. The summed E-state index contributed by atoms with van der Waals surface area (Å²) in [5, 5.41) is 4.06. The molecule has 0 bridgehead atoms. The van der Waals surface area contributed by atoms with Crippen LogP contribution in [-0.2, 0) is 4.74 Å². The lowest BCUT2D eigenvalue weighted by molar-refractivity contribution is 0.122. The number of ether oxygens (including phenoxy) is 1. The minimum atomic E-state index is -0.0939. The lowest BCUT2D eigenvalue weighted by atomic mass is 10.4. The Morgan fingerprint density at radius 1 is 1.27 bits per heavy atom. The maximum atomic E-state index is 12.9. The minimum Gasteiger partial charge on any atom is -0.378 e. The van der Waals surface area contributed by atoms with E-state index in [1.165, 1.54) is 11.8 Å². The number of morpholine rings is 1. The third-order valence-electron chi connectivity index (χ3n) is 4.25. The number of hydrogen-bond donors (Lipinski definition) is 0. The maximum absolute atomic E-state index is 12.9. The van der Waals surface area contributed by atoms with Crippen molar-refractivity contribution in [3.8, 4) is 5.82 Å². The molecule has 0 N–H and O–H groups in total. The van der Waals surface area contributed by atoms with Gasteiger partial charge in [-0.2, -0.15) is 0 Å². The summed E-state index contributed by atoms with van der Waals surface area (Å²) in [6, 6.07) is -0.0250. The average Bonchev–Trinajstić information content (AvgIpc) is 3.25. The minimum absolute atomic E-state index is 0.0250. The van der Waals surface area contributed by atoms with Crippen molar-refractivity contribution in [2.45, 2.75) is 25.0 Å². The van der Waals surface area contributed by atoms with Crippen LogP contribution in [0.25, 0.3) is 16.9 Å². The van der Waals surface area contributed by atoms with Crippen LogP contribution < -0.4 is 10.5 Å². The second-order valence-corrected chi connectivity index (χ2v) is 7.85. The van der Waals surface area contributed by atoms with Gasteiger partial charge in [0.25, 0.3) is 5.56 Å². The summed E-state index contributed by atoms with van der Waals surface area (Å²) in [7, 11) is 0. The third-order valence-corrected chi connectivity index (χ3v) is 5.70. The first-order chi connectivity index (χ1) is 12.6. The molecule has 26 heavy (non-hydrogen) atoms. The molecule has 0 saturated carbocycles. The van der Waals surface area contributed by atoms with Crippen LogP contribution >= 0.6 is 23.1 Å². The second kappa shape index (κ2) is 7.01. The molecule has 10 heteroatoms. The van der Waals surface area contributed by atoms with Crippen molar-refractivity contribution in [3.63, 3.8) is 0 Å². The molecule has 0 aromatic carbocycles. The molecule has 0 unspecified atom stereocenters. The van der Waals surface area contributed by atoms with Gasteiger partial charge in [0.2, 0.25) is 0 Å². The predicted octanol–water partition coefficient (Wildman–Crippen LogP) is 2.18. The summed E-state index contributed by atoms with van der Waals surface area (Å²) in [5.41, 5.74) is 0.505. The molecule has 0 radical (unpaired) electrons. The lowest BCUT2D eigenvalue weighted by Gasteiger charge is -2.26. The number of hydrogen-bond acceptors (Lipinski definition) is 8. The van der Waals surface area contributed by atoms with Gasteiger partial charge >= 0.3 is 0 Å². The van der Waals surface area contributed by atoms with E-state index in [9.17, 15) is 4.79 Å². The predicted molar refractivity (Wildman–Crippen MR) is 104 cm³/mol. The molecular formula is C16H20N6O2S2. The Morgan fingerprint density at radius 3 is 2.73 bits per heavy atom. The van der Waals surface area contributed by atoms with E-state index in [1.807, 2.05) is 30.2 Å². The Bertz CT molecular complexity index is 986. The standard InChI is InChI=1S/C16H20N6O2S2/c1-10(2)21-14(23)11-8-17-15(25-3)19-13(11)22(21)12-9-26-16(18-12)20-4-6-24-7-5-20/h8-10H,4-7H2,1-3H3. The molecule has 3 aromatic rings. The summed E-state index contributed by atoms with van der Waals surface area (Å²) < 4.78 is 8.93. The first-order valence-corrected chi connectivity index (χ1v) is 10.5. The van der Waals surface area contributed by atoms with Crippen LogP contribution in [0.5, 0.6) is 0 Å². The van der Waals surface area contributed by atoms with Gasteiger partial charge in [-0.1, -0.05) is 11.8 Å². The van der Waals surface area contributed by atoms with E-state index >= 15 is 0 Å². The molecule has 0 aliphatic carbocycles. The van der Waals surface area contributed by atoms with Gasteiger partial charge in [0.15, 0.2) is 21.8 Å². The Morgan fingerprint density at radius 2 is 2.04 bits per heavy atom. The first-order valence-electron chi connectivity index (χ1n) is 8.43. The van der Waals surface area contributed by atoms with Crippen LogP contribution in [0, 0.1) is 0 Å². The van der Waals surface area contributed by atoms with Gasteiger partial charge in [-0.05, 0) is 20.1 Å². The zero-order valence-corrected chi connectivity index (χ0v) is 16.5. The van der Waals surface area contributed by atoms with Gasteiger partial charge < -0.3 is 9.64 Å². The number of rotatable bonds is 4. The topological polar surface area (TPSA) is 78.1 Å². The zero-order valence-electron chi connectivity index (χ0n) is 14.9. The summed E-state index contributed by atoms with van der Waals surface area (Å²) in [6.07, 6.45) is 3.53. The van der Waals surface area contributed by atoms with E-state index in [-0.39, 0.29) is 11.6 Å². The van der Waals surface area contributed by atoms with Crippen molar-refractivity contribution < 1.29 is 4.74 Å². The fourth-order valence-electron chi connectivity index (χ4n) is 3.02. The molecule has 0 spiro atoms. The Balaban J connectivity index is 1.88. The van der Waals surface area contributed by atoms with Gasteiger partial charge in [-0.3, -0.25) is 4.79 Å². The van der Waals surface area contributed by atoms with Gasteiger partial charge in [0, 0.05) is 30.7 Å². The number of aromatic nitrogens is 5. The Labute approximate surface area is 158 Å². The largest absolute Gasteiger partial charge is 0.378 e. The van der Waals surface area contributed by atoms with E-state index in [4.69, 9.17) is 9.72 Å². The smallest absolute Gasteiger partial charge is 0.278 e. The van der Waals surface area contributed by atoms with E-state index < -0.39 is 0 Å². The molecule has 8 nitrogen and oxygen atoms in total. The van der Waals surface area contributed by atoms with Gasteiger partial charge in [0.1, 0.15) is 5.39 Å². The third kappa shape index (κ3) is 2.91. The number of fused-ring (bicyclic) bond motifs is 1. The van der Waals surface area contributed by atoms with Crippen molar-refractivity contribution in [2.75, 3.05) is 37.5 Å². The molecule has 1 saturated heterocycles. The van der Waals surface area contributed by atoms with Crippen molar-refractivity contribution >= 4 is 39.3 Å². The highest BCUT2D eigenvalue weighted by Crippen LogP contribution is 2.26. The number of nitrogens with zero attached hydrogens (tertiary/aromatic N) is 6. The van der Waals surface area contributed by atoms with Crippen molar-refractivity contribution in [1.82, 2.24) is 24.3 Å². The van der Waals surface area contributed by atoms with Crippen LogP contribution in [0.15, 0.2) is 21.5 Å². The Hall–Kier alpha value is -1.91. The maximum Gasteiger partial charge on any atom is 0.278 e. The van der Waals surface area contributed by atoms with Crippen LogP contribution in [0.1, 0.15) is 19.9 Å². The highest BCUT2D eigenvalue weighted by Gasteiger charge is 2.22. The molecule has 0 atom stereocenters. The molecule has 138 valence electrons. The molecule has 0 amide bonds. The van der Waals surface area contributed by atoms with Gasteiger partial charge in [0.05, 0.1) is 13.2 Å². The lowest BCUT2D eigenvalue weighted by Crippen LogP contribution is -2.36. The van der Waals surface area contributed by atoms with Crippen LogP contribution in [-0.4, -0.2) is 56.9 Å². The van der Waals surface area contributed by atoms with Crippen molar-refractivity contribution in [2.24, 2.45) is 0 Å². The van der Waals surface area contributed by atoms with Gasteiger partial charge in [-0.15, -0.1) is 11.3 Å². The zero-order chi connectivity index (χ0) is 18.3. The number of anilines is 1. The van der Waals surface area contributed by atoms with Crippen LogP contribution in [0.4, 0.5) is 5.13 Å². The summed E-state index contributed by atoms with van der Waals surface area (Å²) in [6.45, 7) is 7.04. The summed E-state index contributed by atoms with van der Waals surface area (Å²) in [5.74, 6) is 0.711. The summed E-state index contributed by atoms with van der Waals surface area (Å²) >= 11 is 3.03. The highest BCUT2D eigenvalue weighted by atomic mass is 32.2. The molecule has 1 aliphatic heterocycles. The normalized spacial score (nSPS) is 15.3. The molecule has 4 heterocycles. The molecular weight excluding hydrogens is 372 g/mol. The quantitative estimate of drug-likeness (QED) is 0.497. The number of thiazole rings is 1. The summed E-state index contributed by atoms with van der Waals surface area (Å²) in [4.78, 5) is 28.7. The highest BCUT2D eigenvalue weighted by molar-refractivity contribution is 7.98. The molecule has 4 rings (SSSR count). The average molecular weight is 393 g/mol. The Kier molecular flexibility index (Phi) is 4.72. The van der Waals surface area contributed by atoms with E-state index in [2.05, 4.69) is 14.9 Å². The van der Waals surface area contributed by atoms with Crippen LogP contribution in [0.2, 0.25) is 0 Å². The van der Waals surface area contributed by atoms with Gasteiger partial charge in [-0.25, -0.2) is 24.3 Å². The van der Waals surface area contributed by atoms with E-state index in [1.54, 1.807) is 22.2 Å². The van der Waals surface area contributed by atoms with Crippen molar-refractivity contribution in [1.29, 1.82) is 0 Å². The van der Waals surface area contributed by atoms with Crippen LogP contribution in [0.3, 0.4) is 0 Å². The molecule has 1 fully saturated rings. The SMILES string of the molecule is CSc1ncc2c(=O)n(C(C)C)n(-c3csc(N4CCOCC4)n3)c2n1. The van der Waals surface area contributed by atoms with E-state index in [0.717, 1.165) is 18.2 Å². The fourth-order valence-corrected chi connectivity index (χ4v) is 4.20. The van der Waals surface area contributed by atoms with E-state index in [0.29, 0.717) is 35.2 Å². The molecule has 1 aliphatic rings.